The number of pyridine rings is 1. The fourth-order valence-corrected chi connectivity index (χ4v) is 1.48. The maximum Gasteiger partial charge on any atom is 0.191 e. The van der Waals surface area contributed by atoms with Crippen molar-refractivity contribution in [1.82, 2.24) is 15.6 Å². The van der Waals surface area contributed by atoms with Crippen molar-refractivity contribution in [2.45, 2.75) is 13.1 Å². The molecule has 2 rings (SSSR count). The molecule has 0 aliphatic carbocycles. The van der Waals surface area contributed by atoms with Crippen LogP contribution in [0.4, 0.5) is 0 Å². The highest BCUT2D eigenvalue weighted by molar-refractivity contribution is 14.0. The summed E-state index contributed by atoms with van der Waals surface area (Å²) in [4.78, 5) is 8.36. The van der Waals surface area contributed by atoms with Crippen LogP contribution in [0.1, 0.15) is 11.5 Å². The third kappa shape index (κ3) is 5.29. The molecule has 2 aromatic rings. The van der Waals surface area contributed by atoms with Gasteiger partial charge in [-0.25, -0.2) is 0 Å². The number of aromatic nitrogens is 1. The average molecular weight is 372 g/mol. The van der Waals surface area contributed by atoms with Gasteiger partial charge in [0.15, 0.2) is 5.96 Å². The first-order valence-electron chi connectivity index (χ1n) is 5.75. The van der Waals surface area contributed by atoms with Gasteiger partial charge in [-0.3, -0.25) is 9.98 Å². The third-order valence-corrected chi connectivity index (χ3v) is 2.40. The highest BCUT2D eigenvalue weighted by atomic mass is 127. The molecule has 2 N–H and O–H groups in total. The van der Waals surface area contributed by atoms with Gasteiger partial charge in [0.1, 0.15) is 5.76 Å². The van der Waals surface area contributed by atoms with Crippen molar-refractivity contribution in [2.75, 3.05) is 7.05 Å². The lowest BCUT2D eigenvalue weighted by atomic mass is 10.3. The van der Waals surface area contributed by atoms with Gasteiger partial charge in [-0.15, -0.1) is 24.0 Å². The predicted molar refractivity (Wildman–Crippen MR) is 85.4 cm³/mol. The van der Waals surface area contributed by atoms with Gasteiger partial charge in [0, 0.05) is 13.2 Å². The first kappa shape index (κ1) is 15.5. The Morgan fingerprint density at radius 3 is 2.68 bits per heavy atom. The van der Waals surface area contributed by atoms with Crippen LogP contribution in [0.2, 0.25) is 0 Å². The molecule has 2 heterocycles. The van der Waals surface area contributed by atoms with Crippen LogP contribution < -0.4 is 10.6 Å². The molecule has 5 nitrogen and oxygen atoms in total. The zero-order valence-electron chi connectivity index (χ0n) is 10.7. The Bertz CT molecular complexity index is 485. The van der Waals surface area contributed by atoms with E-state index in [0.717, 1.165) is 17.4 Å². The Balaban J connectivity index is 0.00000180. The first-order valence-corrected chi connectivity index (χ1v) is 5.75. The molecule has 0 saturated carbocycles. The summed E-state index contributed by atoms with van der Waals surface area (Å²) in [6, 6.07) is 9.60. The van der Waals surface area contributed by atoms with Crippen LogP contribution >= 0.6 is 24.0 Å². The predicted octanol–water partition coefficient (Wildman–Crippen LogP) is 2.16. The zero-order valence-corrected chi connectivity index (χ0v) is 13.0. The van der Waals surface area contributed by atoms with E-state index in [4.69, 9.17) is 4.42 Å². The van der Waals surface area contributed by atoms with Crippen LogP contribution in [0.25, 0.3) is 0 Å². The summed E-state index contributed by atoms with van der Waals surface area (Å²) >= 11 is 0. The minimum absolute atomic E-state index is 0. The first-order chi connectivity index (χ1) is 8.88. The van der Waals surface area contributed by atoms with E-state index in [0.29, 0.717) is 13.1 Å². The number of hydrogen-bond acceptors (Lipinski definition) is 3. The number of halogens is 1. The van der Waals surface area contributed by atoms with Gasteiger partial charge in [0.05, 0.1) is 25.0 Å². The van der Waals surface area contributed by atoms with E-state index in [2.05, 4.69) is 20.6 Å². The molecule has 0 fully saturated rings. The topological polar surface area (TPSA) is 62.5 Å². The van der Waals surface area contributed by atoms with E-state index in [9.17, 15) is 0 Å². The highest BCUT2D eigenvalue weighted by Crippen LogP contribution is 1.98. The van der Waals surface area contributed by atoms with E-state index in [1.807, 2.05) is 30.3 Å². The van der Waals surface area contributed by atoms with Crippen LogP contribution in [-0.4, -0.2) is 18.0 Å². The van der Waals surface area contributed by atoms with Crippen molar-refractivity contribution in [3.63, 3.8) is 0 Å². The van der Waals surface area contributed by atoms with Crippen LogP contribution in [0.3, 0.4) is 0 Å². The lowest BCUT2D eigenvalue weighted by Crippen LogP contribution is -2.36. The summed E-state index contributed by atoms with van der Waals surface area (Å²) in [7, 11) is 1.73. The SMILES string of the molecule is CN=C(NCc1ccccn1)NCc1ccco1.I. The third-order valence-electron chi connectivity index (χ3n) is 2.40. The van der Waals surface area contributed by atoms with Crippen molar-refractivity contribution in [3.8, 4) is 0 Å². The highest BCUT2D eigenvalue weighted by Gasteiger charge is 2.00. The average Bonchev–Trinajstić information content (AvgIpc) is 2.93. The fraction of sp³-hybridized carbons (Fsp3) is 0.231. The second kappa shape index (κ2) is 8.52. The maximum absolute atomic E-state index is 5.23. The molecule has 6 heteroatoms. The monoisotopic (exact) mass is 372 g/mol. The largest absolute Gasteiger partial charge is 0.467 e. The fourth-order valence-electron chi connectivity index (χ4n) is 1.48. The van der Waals surface area contributed by atoms with Gasteiger partial charge in [0.25, 0.3) is 0 Å². The zero-order chi connectivity index (χ0) is 12.6. The van der Waals surface area contributed by atoms with E-state index in [-0.39, 0.29) is 24.0 Å². The summed E-state index contributed by atoms with van der Waals surface area (Å²) in [5.41, 5.74) is 0.971. The summed E-state index contributed by atoms with van der Waals surface area (Å²) in [5.74, 6) is 1.59. The lowest BCUT2D eigenvalue weighted by molar-refractivity contribution is 0.501. The van der Waals surface area contributed by atoms with E-state index in [1.54, 1.807) is 19.5 Å². The van der Waals surface area contributed by atoms with Gasteiger partial charge in [-0.2, -0.15) is 0 Å². The normalized spacial score (nSPS) is 10.7. The second-order valence-electron chi connectivity index (χ2n) is 3.68. The molecular weight excluding hydrogens is 355 g/mol. The molecule has 19 heavy (non-hydrogen) atoms. The minimum atomic E-state index is 0. The summed E-state index contributed by atoms with van der Waals surface area (Å²) in [5, 5.41) is 6.34. The minimum Gasteiger partial charge on any atom is -0.467 e. The molecule has 0 amide bonds. The molecular formula is C13H17IN4O. The number of aliphatic imine (C=N–C) groups is 1. The Kier molecular flexibility index (Phi) is 6.94. The number of guanidine groups is 1. The van der Waals surface area contributed by atoms with Crippen LogP contribution in [-0.2, 0) is 13.1 Å². The maximum atomic E-state index is 5.23. The number of nitrogens with one attached hydrogen (secondary N) is 2. The smallest absolute Gasteiger partial charge is 0.191 e. The molecule has 0 aliphatic rings. The molecule has 0 radical (unpaired) electrons. The van der Waals surface area contributed by atoms with Gasteiger partial charge >= 0.3 is 0 Å². The second-order valence-corrected chi connectivity index (χ2v) is 3.68. The van der Waals surface area contributed by atoms with Crippen LogP contribution in [0.5, 0.6) is 0 Å². The molecule has 0 aliphatic heterocycles. The van der Waals surface area contributed by atoms with Crippen molar-refractivity contribution in [3.05, 3.63) is 54.2 Å². The summed E-state index contributed by atoms with van der Waals surface area (Å²) in [6.07, 6.45) is 3.43. The number of hydrogen-bond donors (Lipinski definition) is 2. The molecule has 102 valence electrons. The molecule has 0 bridgehead atoms. The molecule has 2 aromatic heterocycles. The van der Waals surface area contributed by atoms with E-state index in [1.165, 1.54) is 0 Å². The molecule has 0 saturated heterocycles. The Morgan fingerprint density at radius 1 is 1.21 bits per heavy atom. The van der Waals surface area contributed by atoms with Crippen LogP contribution in [0, 0.1) is 0 Å². The molecule has 0 spiro atoms. The molecule has 0 unspecified atom stereocenters. The Morgan fingerprint density at radius 2 is 2.05 bits per heavy atom. The molecule has 0 aromatic carbocycles. The summed E-state index contributed by atoms with van der Waals surface area (Å²) < 4.78 is 5.23. The van der Waals surface area contributed by atoms with E-state index >= 15 is 0 Å². The Labute approximate surface area is 129 Å². The standard InChI is InChI=1S/C13H16N4O.HI/c1-14-13(17-10-12-6-4-8-18-12)16-9-11-5-2-3-7-15-11;/h2-8H,9-10H2,1H3,(H2,14,16,17);1H. The van der Waals surface area contributed by atoms with Crippen molar-refractivity contribution in [2.24, 2.45) is 4.99 Å². The molecule has 0 atom stereocenters. The number of rotatable bonds is 4. The van der Waals surface area contributed by atoms with Crippen molar-refractivity contribution in [1.29, 1.82) is 0 Å². The quantitative estimate of drug-likeness (QED) is 0.491. The van der Waals surface area contributed by atoms with Crippen LogP contribution in [0.15, 0.2) is 52.2 Å². The lowest BCUT2D eigenvalue weighted by Gasteiger charge is -2.10. The summed E-state index contributed by atoms with van der Waals surface area (Å²) in [6.45, 7) is 1.24. The van der Waals surface area contributed by atoms with Gasteiger partial charge in [-0.05, 0) is 24.3 Å². The number of nitrogens with zero attached hydrogens (tertiary/aromatic N) is 2. The number of furan rings is 1. The van der Waals surface area contributed by atoms with Crippen molar-refractivity contribution >= 4 is 29.9 Å². The Hall–Kier alpha value is -1.57. The van der Waals surface area contributed by atoms with Gasteiger partial charge < -0.3 is 15.1 Å². The van der Waals surface area contributed by atoms with Crippen molar-refractivity contribution < 1.29 is 4.42 Å². The van der Waals surface area contributed by atoms with Gasteiger partial charge in [0.2, 0.25) is 0 Å². The van der Waals surface area contributed by atoms with E-state index < -0.39 is 0 Å². The van der Waals surface area contributed by atoms with Gasteiger partial charge in [-0.1, -0.05) is 6.07 Å².